The maximum Gasteiger partial charge on any atom is 0.135 e. The summed E-state index contributed by atoms with van der Waals surface area (Å²) in [5.74, 6) is 1.72. The Bertz CT molecular complexity index is 1900. The normalized spacial score (nSPS) is 11.8. The lowest BCUT2D eigenvalue weighted by atomic mass is 9.90. The lowest BCUT2D eigenvalue weighted by Crippen LogP contribution is -1.89. The Morgan fingerprint density at radius 2 is 0.974 bits per heavy atom. The van der Waals surface area contributed by atoms with E-state index in [1.54, 1.807) is 0 Å². The van der Waals surface area contributed by atoms with E-state index in [4.69, 9.17) is 9.72 Å². The molecule has 0 N–H and O–H groups in total. The molecule has 39 heavy (non-hydrogen) atoms. The van der Waals surface area contributed by atoms with Crippen molar-refractivity contribution in [1.82, 2.24) is 4.98 Å². The van der Waals surface area contributed by atoms with Gasteiger partial charge < -0.3 is 4.74 Å². The van der Waals surface area contributed by atoms with Crippen molar-refractivity contribution in [3.63, 3.8) is 0 Å². The molecule has 0 fully saturated rings. The van der Waals surface area contributed by atoms with Gasteiger partial charge in [-0.25, -0.2) is 0 Å². The van der Waals surface area contributed by atoms with Crippen molar-refractivity contribution in [3.05, 3.63) is 140 Å². The van der Waals surface area contributed by atoms with Crippen LogP contribution in [0.15, 0.2) is 140 Å². The molecule has 2 heteroatoms. The van der Waals surface area contributed by atoms with Gasteiger partial charge >= 0.3 is 0 Å². The predicted octanol–water partition coefficient (Wildman–Crippen LogP) is 10.2. The van der Waals surface area contributed by atoms with Crippen LogP contribution in [0.25, 0.3) is 66.2 Å². The standard InChI is InChI=1S/C37H23NO/c1-2-12-28-24(8-1)9-5-15-29(28)26-17-19-35-33(22-26)31-13-3-4-14-32(31)34-23-27(18-20-36(34)39-35)30-16-6-10-25-11-7-21-38-37(25)30/h1-23H. The van der Waals surface area contributed by atoms with Gasteiger partial charge in [-0.3, -0.25) is 4.98 Å². The molecule has 0 unspecified atom stereocenters. The molecule has 0 aliphatic carbocycles. The van der Waals surface area contributed by atoms with Crippen LogP contribution in [-0.2, 0) is 0 Å². The quantitative estimate of drug-likeness (QED) is 0.237. The summed E-state index contributed by atoms with van der Waals surface area (Å²) >= 11 is 0. The zero-order chi connectivity index (χ0) is 25.8. The summed E-state index contributed by atoms with van der Waals surface area (Å²) in [5, 5.41) is 3.62. The predicted molar refractivity (Wildman–Crippen MR) is 161 cm³/mol. The second-order valence-corrected chi connectivity index (χ2v) is 9.98. The van der Waals surface area contributed by atoms with Gasteiger partial charge in [0.15, 0.2) is 0 Å². The van der Waals surface area contributed by atoms with E-state index in [9.17, 15) is 0 Å². The summed E-state index contributed by atoms with van der Waals surface area (Å²) in [6.45, 7) is 0. The molecule has 0 spiro atoms. The number of hydrogen-bond donors (Lipinski definition) is 0. The Hall–Kier alpha value is -5.21. The zero-order valence-corrected chi connectivity index (χ0v) is 21.1. The van der Waals surface area contributed by atoms with Crippen molar-refractivity contribution in [3.8, 4) is 56.0 Å². The lowest BCUT2D eigenvalue weighted by molar-refractivity contribution is 0.488. The van der Waals surface area contributed by atoms with Crippen molar-refractivity contribution in [2.75, 3.05) is 0 Å². The number of nitrogens with zero attached hydrogens (tertiary/aromatic N) is 1. The molecule has 0 saturated heterocycles. The second-order valence-electron chi connectivity index (χ2n) is 9.98. The molecule has 7 aromatic rings. The highest BCUT2D eigenvalue weighted by atomic mass is 16.5. The Balaban J connectivity index is 1.32. The van der Waals surface area contributed by atoms with Crippen LogP contribution in [0.3, 0.4) is 0 Å². The Kier molecular flexibility index (Phi) is 4.86. The van der Waals surface area contributed by atoms with Crippen LogP contribution >= 0.6 is 0 Å². The van der Waals surface area contributed by atoms with E-state index < -0.39 is 0 Å². The van der Waals surface area contributed by atoms with Crippen molar-refractivity contribution < 1.29 is 4.74 Å². The Morgan fingerprint density at radius 1 is 0.410 bits per heavy atom. The van der Waals surface area contributed by atoms with Gasteiger partial charge in [-0.05, 0) is 68.9 Å². The maximum atomic E-state index is 6.63. The third-order valence-corrected chi connectivity index (χ3v) is 7.73. The number of benzene rings is 6. The first kappa shape index (κ1) is 21.8. The van der Waals surface area contributed by atoms with Crippen LogP contribution in [0.5, 0.6) is 11.5 Å². The van der Waals surface area contributed by atoms with E-state index in [1.807, 2.05) is 12.3 Å². The van der Waals surface area contributed by atoms with Crippen LogP contribution in [0.2, 0.25) is 0 Å². The third-order valence-electron chi connectivity index (χ3n) is 7.73. The Labute approximate surface area is 226 Å². The molecule has 0 saturated carbocycles. The maximum absolute atomic E-state index is 6.63. The van der Waals surface area contributed by atoms with E-state index in [0.717, 1.165) is 50.2 Å². The Morgan fingerprint density at radius 3 is 1.74 bits per heavy atom. The number of rotatable bonds is 2. The third kappa shape index (κ3) is 3.53. The molecule has 6 aromatic carbocycles. The number of ether oxygens (including phenoxy) is 1. The van der Waals surface area contributed by atoms with E-state index in [2.05, 4.69) is 127 Å². The van der Waals surface area contributed by atoms with Crippen molar-refractivity contribution >= 4 is 21.7 Å². The molecule has 1 aliphatic rings. The molecule has 0 atom stereocenters. The van der Waals surface area contributed by atoms with Gasteiger partial charge in [0.05, 0.1) is 5.52 Å². The highest BCUT2D eigenvalue weighted by Gasteiger charge is 2.22. The zero-order valence-electron chi connectivity index (χ0n) is 21.1. The number of fused-ring (bicyclic) bond motifs is 7. The van der Waals surface area contributed by atoms with Crippen LogP contribution in [0.4, 0.5) is 0 Å². The summed E-state index contributed by atoms with van der Waals surface area (Å²) in [4.78, 5) is 4.69. The molecule has 2 nitrogen and oxygen atoms in total. The second kappa shape index (κ2) is 8.68. The highest BCUT2D eigenvalue weighted by molar-refractivity contribution is 6.00. The topological polar surface area (TPSA) is 22.1 Å². The van der Waals surface area contributed by atoms with Crippen LogP contribution in [0.1, 0.15) is 0 Å². The molecule has 0 amide bonds. The van der Waals surface area contributed by atoms with Gasteiger partial charge in [-0.15, -0.1) is 0 Å². The van der Waals surface area contributed by atoms with E-state index in [-0.39, 0.29) is 0 Å². The summed E-state index contributed by atoms with van der Waals surface area (Å²) in [6, 6.07) is 47.1. The first-order valence-corrected chi connectivity index (χ1v) is 13.2. The van der Waals surface area contributed by atoms with Gasteiger partial charge in [0, 0.05) is 28.3 Å². The SMILES string of the molecule is c1ccc2c(c1)-c1cc(-c3cccc4ccccc34)ccc1Oc1ccc(-c3cccc4cccnc34)cc1-2. The molecule has 0 radical (unpaired) electrons. The minimum absolute atomic E-state index is 0.857. The first-order valence-electron chi connectivity index (χ1n) is 13.2. The first-order chi connectivity index (χ1) is 19.3. The van der Waals surface area contributed by atoms with Gasteiger partial charge in [-0.2, -0.15) is 0 Å². The van der Waals surface area contributed by atoms with Crippen LogP contribution in [0, 0.1) is 0 Å². The largest absolute Gasteiger partial charge is 0.456 e. The molecular weight excluding hydrogens is 474 g/mol. The van der Waals surface area contributed by atoms with Crippen molar-refractivity contribution in [2.45, 2.75) is 0 Å². The van der Waals surface area contributed by atoms with Gasteiger partial charge in [-0.1, -0.05) is 103 Å². The van der Waals surface area contributed by atoms with Crippen molar-refractivity contribution in [1.29, 1.82) is 0 Å². The van der Waals surface area contributed by atoms with Crippen LogP contribution in [-0.4, -0.2) is 4.98 Å². The molecule has 0 bridgehead atoms. The van der Waals surface area contributed by atoms with E-state index in [0.29, 0.717) is 0 Å². The fraction of sp³-hybridized carbons (Fsp3) is 0. The smallest absolute Gasteiger partial charge is 0.135 e. The summed E-state index contributed by atoms with van der Waals surface area (Å²) in [5.41, 5.74) is 10.2. The molecule has 1 aliphatic heterocycles. The van der Waals surface area contributed by atoms with E-state index in [1.165, 1.54) is 27.5 Å². The number of pyridine rings is 1. The average molecular weight is 498 g/mol. The fourth-order valence-electron chi connectivity index (χ4n) is 5.88. The summed E-state index contributed by atoms with van der Waals surface area (Å²) in [7, 11) is 0. The number of hydrogen-bond acceptors (Lipinski definition) is 2. The monoisotopic (exact) mass is 497 g/mol. The minimum atomic E-state index is 0.857. The number of aromatic nitrogens is 1. The van der Waals surface area contributed by atoms with Crippen LogP contribution < -0.4 is 4.74 Å². The molecular formula is C37H23NO. The number of para-hydroxylation sites is 1. The fourth-order valence-corrected chi connectivity index (χ4v) is 5.88. The summed E-state index contributed by atoms with van der Waals surface area (Å²) < 4.78 is 6.63. The van der Waals surface area contributed by atoms with E-state index >= 15 is 0 Å². The van der Waals surface area contributed by atoms with Gasteiger partial charge in [0.2, 0.25) is 0 Å². The average Bonchev–Trinajstić information content (AvgIpc) is 3.14. The summed E-state index contributed by atoms with van der Waals surface area (Å²) in [6.07, 6.45) is 1.86. The minimum Gasteiger partial charge on any atom is -0.456 e. The molecule has 2 heterocycles. The molecule has 1 aromatic heterocycles. The van der Waals surface area contributed by atoms with Gasteiger partial charge in [0.25, 0.3) is 0 Å². The molecule has 8 rings (SSSR count). The van der Waals surface area contributed by atoms with Crippen molar-refractivity contribution in [2.24, 2.45) is 0 Å². The molecule has 182 valence electrons. The lowest BCUT2D eigenvalue weighted by Gasteiger charge is -2.13. The highest BCUT2D eigenvalue weighted by Crippen LogP contribution is 2.49. The van der Waals surface area contributed by atoms with Gasteiger partial charge in [0.1, 0.15) is 11.5 Å².